The number of aryl methyl sites for hydroxylation is 2. The maximum atomic E-state index is 11.9. The third-order valence-corrected chi connectivity index (χ3v) is 4.83. The number of nitrogens with one attached hydrogen (secondary N) is 1. The van der Waals surface area contributed by atoms with Gasteiger partial charge in [0.1, 0.15) is 5.75 Å². The summed E-state index contributed by atoms with van der Waals surface area (Å²) in [4.78, 5) is 13.1. The van der Waals surface area contributed by atoms with Crippen LogP contribution < -0.4 is 10.1 Å². The van der Waals surface area contributed by atoms with Gasteiger partial charge in [0.05, 0.1) is 6.61 Å². The fourth-order valence-corrected chi connectivity index (χ4v) is 3.28. The van der Waals surface area contributed by atoms with Gasteiger partial charge in [-0.25, -0.2) is 0 Å². The summed E-state index contributed by atoms with van der Waals surface area (Å²) in [5.74, 6) is 1.85. The van der Waals surface area contributed by atoms with Crippen LogP contribution in [0.3, 0.4) is 0 Å². The molecule has 0 spiro atoms. The van der Waals surface area contributed by atoms with Crippen molar-refractivity contribution in [2.24, 2.45) is 0 Å². The molecular formula is C21H27NO2S. The minimum absolute atomic E-state index is 0.131. The summed E-state index contributed by atoms with van der Waals surface area (Å²) in [5, 5.41) is 3.00. The number of hydrogen-bond donors (Lipinski definition) is 1. The first-order valence-electron chi connectivity index (χ1n) is 8.85. The Morgan fingerprint density at radius 2 is 1.80 bits per heavy atom. The van der Waals surface area contributed by atoms with Crippen molar-refractivity contribution in [3.8, 4) is 5.75 Å². The molecule has 1 N–H and O–H groups in total. The minimum Gasteiger partial charge on any atom is -0.494 e. The fourth-order valence-electron chi connectivity index (χ4n) is 2.42. The summed E-state index contributed by atoms with van der Waals surface area (Å²) >= 11 is 1.73. The van der Waals surface area contributed by atoms with E-state index in [4.69, 9.17) is 4.74 Å². The predicted molar refractivity (Wildman–Crippen MR) is 105 cm³/mol. The van der Waals surface area contributed by atoms with Gasteiger partial charge in [0, 0.05) is 23.6 Å². The van der Waals surface area contributed by atoms with Crippen LogP contribution in [-0.2, 0) is 11.2 Å². The van der Waals surface area contributed by atoms with E-state index in [2.05, 4.69) is 48.6 Å². The molecule has 0 fully saturated rings. The molecule has 1 amide bonds. The van der Waals surface area contributed by atoms with Crippen molar-refractivity contribution in [3.63, 3.8) is 0 Å². The van der Waals surface area contributed by atoms with Crippen LogP contribution >= 0.6 is 11.8 Å². The maximum absolute atomic E-state index is 11.9. The summed E-state index contributed by atoms with van der Waals surface area (Å²) in [7, 11) is 0. The average molecular weight is 358 g/mol. The molecule has 0 saturated carbocycles. The van der Waals surface area contributed by atoms with Crippen LogP contribution in [0.4, 0.5) is 0 Å². The Bertz CT molecular complexity index is 638. The second kappa shape index (κ2) is 10.8. The third-order valence-electron chi connectivity index (χ3n) is 3.82. The molecular weight excluding hydrogens is 330 g/mol. The number of carbonyl (C=O) groups is 1. The second-order valence-corrected chi connectivity index (χ2v) is 7.11. The first-order chi connectivity index (χ1) is 12.2. The summed E-state index contributed by atoms with van der Waals surface area (Å²) < 4.78 is 5.43. The molecule has 0 unspecified atom stereocenters. The number of amides is 1. The Morgan fingerprint density at radius 1 is 1.08 bits per heavy atom. The number of hydrogen-bond acceptors (Lipinski definition) is 3. The monoisotopic (exact) mass is 357 g/mol. The molecule has 0 radical (unpaired) electrons. The molecule has 0 aromatic heterocycles. The SMILES string of the molecule is CCOc1ccc(CCCNC(=O)CCSc2ccc(C)cc2)cc1. The lowest BCUT2D eigenvalue weighted by atomic mass is 10.1. The molecule has 25 heavy (non-hydrogen) atoms. The van der Waals surface area contributed by atoms with Gasteiger partial charge in [-0.1, -0.05) is 29.8 Å². The van der Waals surface area contributed by atoms with Crippen molar-refractivity contribution < 1.29 is 9.53 Å². The van der Waals surface area contributed by atoms with E-state index in [1.807, 2.05) is 19.1 Å². The Morgan fingerprint density at radius 3 is 2.48 bits per heavy atom. The zero-order valence-electron chi connectivity index (χ0n) is 15.1. The number of ether oxygens (including phenoxy) is 1. The lowest BCUT2D eigenvalue weighted by Crippen LogP contribution is -2.24. The Hall–Kier alpha value is -1.94. The summed E-state index contributed by atoms with van der Waals surface area (Å²) in [5.41, 5.74) is 2.53. The maximum Gasteiger partial charge on any atom is 0.220 e. The van der Waals surface area contributed by atoms with Crippen molar-refractivity contribution in [1.29, 1.82) is 0 Å². The summed E-state index contributed by atoms with van der Waals surface area (Å²) in [6, 6.07) is 16.6. The summed E-state index contributed by atoms with van der Waals surface area (Å²) in [6.45, 7) is 5.47. The third kappa shape index (κ3) is 7.65. The second-order valence-electron chi connectivity index (χ2n) is 5.94. The molecule has 2 rings (SSSR count). The Kier molecular flexibility index (Phi) is 8.40. The van der Waals surface area contributed by atoms with Gasteiger partial charge in [-0.3, -0.25) is 4.79 Å². The molecule has 3 nitrogen and oxygen atoms in total. The molecule has 0 aliphatic rings. The predicted octanol–water partition coefficient (Wildman–Crippen LogP) is 4.62. The van der Waals surface area contributed by atoms with E-state index < -0.39 is 0 Å². The number of rotatable bonds is 10. The Balaban J connectivity index is 1.56. The highest BCUT2D eigenvalue weighted by Crippen LogP contribution is 2.19. The Labute approximate surface area is 155 Å². The minimum atomic E-state index is 0.131. The quantitative estimate of drug-likeness (QED) is 0.498. The van der Waals surface area contributed by atoms with Crippen LogP contribution in [0.15, 0.2) is 53.4 Å². The molecule has 0 aliphatic carbocycles. The van der Waals surface area contributed by atoms with Crippen LogP contribution in [-0.4, -0.2) is 24.8 Å². The van der Waals surface area contributed by atoms with Crippen LogP contribution in [0.1, 0.15) is 30.9 Å². The first-order valence-corrected chi connectivity index (χ1v) is 9.84. The van der Waals surface area contributed by atoms with Crippen LogP contribution in [0.2, 0.25) is 0 Å². The van der Waals surface area contributed by atoms with Crippen LogP contribution in [0, 0.1) is 6.92 Å². The van der Waals surface area contributed by atoms with Crippen molar-refractivity contribution in [2.75, 3.05) is 18.9 Å². The fraction of sp³-hybridized carbons (Fsp3) is 0.381. The lowest BCUT2D eigenvalue weighted by Gasteiger charge is -2.07. The van der Waals surface area contributed by atoms with E-state index in [9.17, 15) is 4.79 Å². The molecule has 0 aliphatic heterocycles. The van der Waals surface area contributed by atoms with Crippen LogP contribution in [0.25, 0.3) is 0 Å². The number of benzene rings is 2. The topological polar surface area (TPSA) is 38.3 Å². The van der Waals surface area contributed by atoms with Gasteiger partial charge < -0.3 is 10.1 Å². The number of thioether (sulfide) groups is 1. The van der Waals surface area contributed by atoms with Gasteiger partial charge in [0.2, 0.25) is 5.91 Å². The smallest absolute Gasteiger partial charge is 0.220 e. The van der Waals surface area contributed by atoms with Gasteiger partial charge in [-0.15, -0.1) is 11.8 Å². The van der Waals surface area contributed by atoms with Gasteiger partial charge in [-0.2, -0.15) is 0 Å². The van der Waals surface area contributed by atoms with E-state index in [1.54, 1.807) is 11.8 Å². The van der Waals surface area contributed by atoms with Gasteiger partial charge in [-0.05, 0) is 56.5 Å². The van der Waals surface area contributed by atoms with Gasteiger partial charge in [0.25, 0.3) is 0 Å². The lowest BCUT2D eigenvalue weighted by molar-refractivity contribution is -0.120. The molecule has 0 saturated heterocycles. The van der Waals surface area contributed by atoms with E-state index >= 15 is 0 Å². The first kappa shape index (κ1) is 19.4. The highest BCUT2D eigenvalue weighted by molar-refractivity contribution is 7.99. The van der Waals surface area contributed by atoms with E-state index in [0.717, 1.165) is 30.9 Å². The zero-order chi connectivity index (χ0) is 17.9. The average Bonchev–Trinajstić information content (AvgIpc) is 2.62. The van der Waals surface area contributed by atoms with Crippen LogP contribution in [0.5, 0.6) is 5.75 Å². The highest BCUT2D eigenvalue weighted by atomic mass is 32.2. The normalized spacial score (nSPS) is 10.5. The highest BCUT2D eigenvalue weighted by Gasteiger charge is 2.02. The van der Waals surface area contributed by atoms with Gasteiger partial charge in [0.15, 0.2) is 0 Å². The van der Waals surface area contributed by atoms with E-state index in [0.29, 0.717) is 13.0 Å². The molecule has 2 aromatic rings. The molecule has 2 aromatic carbocycles. The van der Waals surface area contributed by atoms with Crippen molar-refractivity contribution in [1.82, 2.24) is 5.32 Å². The van der Waals surface area contributed by atoms with E-state index in [-0.39, 0.29) is 5.91 Å². The molecule has 0 atom stereocenters. The molecule has 134 valence electrons. The van der Waals surface area contributed by atoms with Crippen molar-refractivity contribution in [2.45, 2.75) is 38.0 Å². The largest absolute Gasteiger partial charge is 0.494 e. The van der Waals surface area contributed by atoms with Crippen molar-refractivity contribution >= 4 is 17.7 Å². The van der Waals surface area contributed by atoms with Crippen molar-refractivity contribution in [3.05, 3.63) is 59.7 Å². The van der Waals surface area contributed by atoms with Gasteiger partial charge >= 0.3 is 0 Å². The standard InChI is InChI=1S/C21H27NO2S/c1-3-24-19-10-8-18(9-11-19)5-4-15-22-21(23)14-16-25-20-12-6-17(2)7-13-20/h6-13H,3-5,14-16H2,1-2H3,(H,22,23). The molecule has 0 bridgehead atoms. The zero-order valence-corrected chi connectivity index (χ0v) is 15.9. The molecule has 4 heteroatoms. The number of carbonyl (C=O) groups excluding carboxylic acids is 1. The summed E-state index contributed by atoms with van der Waals surface area (Å²) in [6.07, 6.45) is 2.47. The van der Waals surface area contributed by atoms with E-state index in [1.165, 1.54) is 16.0 Å². The molecule has 0 heterocycles.